The zero-order chi connectivity index (χ0) is 41.3. The number of aromatic nitrogens is 3. The largest absolute Gasteiger partial charge is 0.493 e. The lowest BCUT2D eigenvalue weighted by atomic mass is 10.1. The van der Waals surface area contributed by atoms with Crippen molar-refractivity contribution in [1.82, 2.24) is 15.0 Å². The molecule has 34 heavy (non-hydrogen) atoms. The van der Waals surface area contributed by atoms with E-state index in [1.54, 1.807) is 0 Å². The second kappa shape index (κ2) is 8.89. The number of anilines is 5. The summed E-state index contributed by atoms with van der Waals surface area (Å²) in [4.78, 5) is 23.9. The third-order valence-corrected chi connectivity index (χ3v) is 3.89. The van der Waals surface area contributed by atoms with Gasteiger partial charge in [-0.15, -0.1) is 0 Å². The number of fused-ring (bicyclic) bond motifs is 1. The van der Waals surface area contributed by atoms with Gasteiger partial charge in [-0.05, 0) is 25.8 Å². The molecule has 11 nitrogen and oxygen atoms in total. The zero-order valence-electron chi connectivity index (χ0n) is 36.3. The van der Waals surface area contributed by atoms with Crippen LogP contribution in [-0.4, -0.2) is 47.6 Å². The fourth-order valence-corrected chi connectivity index (χ4v) is 2.45. The fraction of sp³-hybridized carbons (Fsp3) is 0.273. The van der Waals surface area contributed by atoms with E-state index in [2.05, 4.69) is 30.3 Å². The van der Waals surface area contributed by atoms with Crippen LogP contribution in [0.1, 0.15) is 41.1 Å². The summed E-state index contributed by atoms with van der Waals surface area (Å²) in [5.41, 5.74) is -4.49. The van der Waals surface area contributed by atoms with Gasteiger partial charge in [-0.3, -0.25) is 4.79 Å². The maximum absolute atomic E-state index is 15.2. The molecule has 1 amide bonds. The van der Waals surface area contributed by atoms with Crippen LogP contribution in [0, 0.1) is 5.82 Å². The normalized spacial score (nSPS) is 24.2. The Morgan fingerprint density at radius 2 is 1.88 bits per heavy atom. The summed E-state index contributed by atoms with van der Waals surface area (Å²) in [5, 5.41) is 6.19. The monoisotopic (exact) mass is 490 g/mol. The highest BCUT2D eigenvalue weighted by Gasteiger charge is 2.36. The van der Waals surface area contributed by atoms with Crippen molar-refractivity contribution in [2.45, 2.75) is 19.3 Å². The molecule has 12 heteroatoms. The van der Waals surface area contributed by atoms with Crippen molar-refractivity contribution < 1.29 is 55.5 Å². The number of benzene rings is 1. The second-order valence-corrected chi connectivity index (χ2v) is 6.12. The molecule has 3 N–H and O–H groups in total. The van der Waals surface area contributed by atoms with Crippen molar-refractivity contribution in [3.8, 4) is 23.0 Å². The van der Waals surface area contributed by atoms with Gasteiger partial charge in [-0.25, -0.2) is 14.4 Å². The number of halogens is 1. The first-order valence-electron chi connectivity index (χ1n) is 18.6. The first-order valence-corrected chi connectivity index (χ1v) is 8.62. The molecule has 0 atom stereocenters. The van der Waals surface area contributed by atoms with E-state index in [0.29, 0.717) is 0 Å². The minimum atomic E-state index is -3.64. The summed E-state index contributed by atoms with van der Waals surface area (Å²) in [5.74, 6) is -11.7. The van der Waals surface area contributed by atoms with Crippen LogP contribution in [0.4, 0.5) is 33.5 Å². The van der Waals surface area contributed by atoms with Crippen LogP contribution in [0.15, 0.2) is 30.3 Å². The van der Waals surface area contributed by atoms with Gasteiger partial charge in [0.25, 0.3) is 5.91 Å². The Hall–Kier alpha value is -4.35. The number of pyridine rings is 1. The summed E-state index contributed by atoms with van der Waals surface area (Å²) in [7, 11) is -10.3. The van der Waals surface area contributed by atoms with E-state index < -0.39 is 135 Å². The number of rotatable bonds is 7. The number of hydrogen-bond acceptors (Lipinski definition) is 10. The summed E-state index contributed by atoms with van der Waals surface area (Å²) >= 11 is 0. The Bertz CT molecular complexity index is 1940. The van der Waals surface area contributed by atoms with E-state index in [1.807, 2.05) is 5.32 Å². The topological polar surface area (TPSA) is 129 Å². The summed E-state index contributed by atoms with van der Waals surface area (Å²) in [6.45, 7) is -7.27. The van der Waals surface area contributed by atoms with E-state index >= 15 is 4.39 Å². The van der Waals surface area contributed by atoms with Crippen molar-refractivity contribution in [2.24, 2.45) is 0 Å². The molecule has 1 aliphatic rings. The molecule has 3 aromatic rings. The van der Waals surface area contributed by atoms with Gasteiger partial charge >= 0.3 is 0 Å². The minimum absolute atomic E-state index is 0.785. The number of hydrogen-bond donors (Lipinski definition) is 3. The lowest BCUT2D eigenvalue weighted by molar-refractivity contribution is -0.129. The summed E-state index contributed by atoms with van der Waals surface area (Å²) in [6, 6.07) is -4.45. The summed E-state index contributed by atoms with van der Waals surface area (Å²) in [6.07, 6.45) is -1.25. The molecule has 0 saturated heterocycles. The third-order valence-electron chi connectivity index (χ3n) is 3.89. The Morgan fingerprint density at radius 1 is 1.12 bits per heavy atom. The molecular weight excluding hydrogens is 447 g/mol. The standard InChI is InChI=1S/C22H23FN6O5/c1-22(2)20(30)28-19-13(34-22)6-7-16(27-19)26-18-12(23)10-24-21(29-18)25-11-8-14(31-3)17(33-5)15(9-11)32-4/h6-10H,1-5H3,(H3,24,25,26,27,28,29,30)/i1D3,2D3,3D3,4D3,5D3,6D,7D,8D,9D,10D. The Kier molecular flexibility index (Phi) is 2.29. The number of ether oxygens (including phenoxy) is 4. The third kappa shape index (κ3) is 4.42. The molecule has 178 valence electrons. The van der Waals surface area contributed by atoms with Crippen LogP contribution in [-0.2, 0) is 4.79 Å². The van der Waals surface area contributed by atoms with Crippen molar-refractivity contribution in [2.75, 3.05) is 37.1 Å². The van der Waals surface area contributed by atoms with Crippen molar-refractivity contribution in [1.29, 1.82) is 0 Å². The number of nitrogens with one attached hydrogen (secondary N) is 3. The molecule has 1 aromatic carbocycles. The Labute approximate surface area is 222 Å². The van der Waals surface area contributed by atoms with E-state index in [-0.39, 0.29) is 0 Å². The molecule has 0 radical (unpaired) electrons. The molecule has 0 spiro atoms. The summed E-state index contributed by atoms with van der Waals surface area (Å²) < 4.78 is 189. The molecule has 4 rings (SSSR count). The predicted octanol–water partition coefficient (Wildman–Crippen LogP) is 3.63. The lowest BCUT2D eigenvalue weighted by Gasteiger charge is -2.30. The molecule has 0 unspecified atom stereocenters. The molecule has 0 fully saturated rings. The van der Waals surface area contributed by atoms with E-state index in [0.717, 1.165) is 0 Å². The van der Waals surface area contributed by atoms with Gasteiger partial charge in [-0.1, -0.05) is 0 Å². The Balaban J connectivity index is 1.85. The van der Waals surface area contributed by atoms with Crippen LogP contribution in [0.2, 0.25) is 0 Å². The molecule has 3 heterocycles. The number of carbonyl (C=O) groups excluding carboxylic acids is 1. The van der Waals surface area contributed by atoms with Gasteiger partial charge < -0.3 is 34.9 Å². The number of carbonyl (C=O) groups is 1. The van der Waals surface area contributed by atoms with E-state index in [1.165, 1.54) is 0 Å². The van der Waals surface area contributed by atoms with Crippen molar-refractivity contribution >= 4 is 35.0 Å². The van der Waals surface area contributed by atoms with Crippen LogP contribution in [0.3, 0.4) is 0 Å². The SMILES string of the molecule is [2H]c1nc(Nc2c([2H])c(OC([2H])([2H])[2H])c(OC([2H])([2H])[2H])c(OC([2H])([2H])[2H])c2[2H])nc(Nc2nc3c(c([2H])c2[2H])OC(C([2H])([2H])[2H])(C([2H])([2H])[2H])C(=O)N3)c1F. The van der Waals surface area contributed by atoms with Crippen LogP contribution >= 0.6 is 0 Å². The number of methoxy groups -OCH3 is 3. The van der Waals surface area contributed by atoms with Crippen LogP contribution < -0.4 is 34.9 Å². The number of nitrogens with zero attached hydrogens (tertiary/aromatic N) is 3. The Morgan fingerprint density at radius 3 is 2.59 bits per heavy atom. The lowest BCUT2D eigenvalue weighted by Crippen LogP contribution is -2.46. The van der Waals surface area contributed by atoms with Gasteiger partial charge in [0.2, 0.25) is 11.7 Å². The zero-order valence-corrected chi connectivity index (χ0v) is 16.3. The number of amides is 1. The van der Waals surface area contributed by atoms with Crippen molar-refractivity contribution in [3.63, 3.8) is 0 Å². The van der Waals surface area contributed by atoms with Crippen LogP contribution in [0.25, 0.3) is 0 Å². The predicted molar refractivity (Wildman–Crippen MR) is 122 cm³/mol. The first-order chi connectivity index (χ1) is 24.3. The maximum atomic E-state index is 15.2. The van der Waals surface area contributed by atoms with Gasteiger partial charge in [0.1, 0.15) is 5.82 Å². The van der Waals surface area contributed by atoms with Gasteiger partial charge in [-0.2, -0.15) is 4.98 Å². The highest BCUT2D eigenvalue weighted by atomic mass is 19.1. The minimum Gasteiger partial charge on any atom is -0.493 e. The highest BCUT2D eigenvalue weighted by molar-refractivity contribution is 5.99. The van der Waals surface area contributed by atoms with E-state index in [4.69, 9.17) is 41.6 Å². The smallest absolute Gasteiger partial charge is 0.269 e. The fourth-order valence-electron chi connectivity index (χ4n) is 2.45. The second-order valence-electron chi connectivity index (χ2n) is 6.12. The van der Waals surface area contributed by atoms with Gasteiger partial charge in [0.05, 0.1) is 46.5 Å². The molecule has 2 aromatic heterocycles. The van der Waals surface area contributed by atoms with Gasteiger partial charge in [0, 0.05) is 26.0 Å². The maximum Gasteiger partial charge on any atom is 0.269 e. The molecule has 1 aliphatic heterocycles. The molecular formula is C22H23FN6O5. The molecule has 0 saturated carbocycles. The first kappa shape index (κ1) is 8.78. The highest BCUT2D eigenvalue weighted by Crippen LogP contribution is 2.40. The molecule has 0 bridgehead atoms. The van der Waals surface area contributed by atoms with Crippen molar-refractivity contribution in [3.05, 3.63) is 36.2 Å². The van der Waals surface area contributed by atoms with Crippen LogP contribution in [0.5, 0.6) is 23.0 Å². The van der Waals surface area contributed by atoms with Gasteiger partial charge in [0.15, 0.2) is 40.3 Å². The molecule has 0 aliphatic carbocycles. The average Bonchev–Trinajstić information content (AvgIpc) is 2.97. The quantitative estimate of drug-likeness (QED) is 0.451. The van der Waals surface area contributed by atoms with E-state index in [9.17, 15) is 4.79 Å². The average molecular weight is 491 g/mol.